The first-order valence-electron chi connectivity index (χ1n) is 5.96. The molecule has 0 saturated carbocycles. The summed E-state index contributed by atoms with van der Waals surface area (Å²) in [5.74, 6) is 0.0368. The summed E-state index contributed by atoms with van der Waals surface area (Å²) < 4.78 is 4.98. The van der Waals surface area contributed by atoms with Gasteiger partial charge in [0.1, 0.15) is 11.5 Å². The van der Waals surface area contributed by atoms with E-state index in [2.05, 4.69) is 5.32 Å². The number of thioether (sulfide) groups is 1. The van der Waals surface area contributed by atoms with E-state index in [1.54, 1.807) is 23.9 Å². The second-order valence-electron chi connectivity index (χ2n) is 4.07. The molecule has 104 valence electrons. The molecule has 20 heavy (non-hydrogen) atoms. The molecule has 0 aliphatic heterocycles. The van der Waals surface area contributed by atoms with Gasteiger partial charge in [0, 0.05) is 16.6 Å². The SMILES string of the molecule is COc1ccc(C(=O)Nc2cccc(SC)c2)c(O)c1. The Hall–Kier alpha value is -2.14. The number of phenolic OH excluding ortho intramolecular Hbond substituents is 1. The highest BCUT2D eigenvalue weighted by Gasteiger charge is 2.12. The van der Waals surface area contributed by atoms with Gasteiger partial charge in [-0.3, -0.25) is 4.79 Å². The maximum Gasteiger partial charge on any atom is 0.259 e. The van der Waals surface area contributed by atoms with Crippen LogP contribution in [0.5, 0.6) is 11.5 Å². The van der Waals surface area contributed by atoms with Gasteiger partial charge in [0.05, 0.1) is 12.7 Å². The monoisotopic (exact) mass is 289 g/mol. The van der Waals surface area contributed by atoms with Gasteiger partial charge in [0.2, 0.25) is 0 Å². The molecule has 2 aromatic carbocycles. The number of carbonyl (C=O) groups is 1. The number of hydrogen-bond acceptors (Lipinski definition) is 4. The molecule has 1 amide bonds. The van der Waals surface area contributed by atoms with E-state index in [-0.39, 0.29) is 17.2 Å². The van der Waals surface area contributed by atoms with Crippen LogP contribution in [0.15, 0.2) is 47.4 Å². The number of ether oxygens (including phenoxy) is 1. The summed E-state index contributed by atoms with van der Waals surface area (Å²) in [6.45, 7) is 0. The fraction of sp³-hybridized carbons (Fsp3) is 0.133. The average molecular weight is 289 g/mol. The molecule has 5 heteroatoms. The highest BCUT2D eigenvalue weighted by atomic mass is 32.2. The zero-order valence-corrected chi connectivity index (χ0v) is 12.0. The average Bonchev–Trinajstić information content (AvgIpc) is 2.47. The Kier molecular flexibility index (Phi) is 4.53. The minimum atomic E-state index is -0.358. The van der Waals surface area contributed by atoms with Gasteiger partial charge in [-0.05, 0) is 36.6 Å². The Balaban J connectivity index is 2.19. The number of carbonyl (C=O) groups excluding carboxylic acids is 1. The number of hydrogen-bond donors (Lipinski definition) is 2. The Morgan fingerprint density at radius 3 is 2.70 bits per heavy atom. The van der Waals surface area contributed by atoms with Crippen molar-refractivity contribution < 1.29 is 14.6 Å². The zero-order chi connectivity index (χ0) is 14.5. The van der Waals surface area contributed by atoms with Crippen LogP contribution in [0.1, 0.15) is 10.4 Å². The van der Waals surface area contributed by atoms with E-state index in [1.807, 2.05) is 24.5 Å². The van der Waals surface area contributed by atoms with Crippen LogP contribution in [0.2, 0.25) is 0 Å². The van der Waals surface area contributed by atoms with Crippen molar-refractivity contribution in [2.75, 3.05) is 18.7 Å². The molecule has 4 nitrogen and oxygen atoms in total. The van der Waals surface area contributed by atoms with Gasteiger partial charge in [0.15, 0.2) is 0 Å². The largest absolute Gasteiger partial charge is 0.507 e. The Morgan fingerprint density at radius 1 is 1.25 bits per heavy atom. The quantitative estimate of drug-likeness (QED) is 0.847. The Labute approximate surface area is 121 Å². The third kappa shape index (κ3) is 3.24. The first kappa shape index (κ1) is 14.3. The molecule has 2 rings (SSSR count). The van der Waals surface area contributed by atoms with E-state index in [1.165, 1.54) is 19.2 Å². The van der Waals surface area contributed by atoms with Gasteiger partial charge < -0.3 is 15.2 Å². The van der Waals surface area contributed by atoms with Crippen LogP contribution in [0.25, 0.3) is 0 Å². The van der Waals surface area contributed by atoms with Crippen LogP contribution in [0, 0.1) is 0 Å². The van der Waals surface area contributed by atoms with E-state index >= 15 is 0 Å². The molecular formula is C15H15NO3S. The highest BCUT2D eigenvalue weighted by Crippen LogP contribution is 2.25. The number of phenols is 1. The maximum absolute atomic E-state index is 12.1. The lowest BCUT2D eigenvalue weighted by Gasteiger charge is -2.09. The molecule has 0 aliphatic carbocycles. The molecular weight excluding hydrogens is 274 g/mol. The Bertz CT molecular complexity index is 628. The van der Waals surface area contributed by atoms with Crippen LogP contribution >= 0.6 is 11.8 Å². The number of methoxy groups -OCH3 is 1. The third-order valence-corrected chi connectivity index (χ3v) is 3.50. The molecule has 0 fully saturated rings. The topological polar surface area (TPSA) is 58.6 Å². The van der Waals surface area contributed by atoms with Crippen molar-refractivity contribution in [1.82, 2.24) is 0 Å². The van der Waals surface area contributed by atoms with E-state index in [0.29, 0.717) is 11.4 Å². The predicted octanol–water partition coefficient (Wildman–Crippen LogP) is 3.38. The van der Waals surface area contributed by atoms with E-state index in [0.717, 1.165) is 4.90 Å². The summed E-state index contributed by atoms with van der Waals surface area (Å²) in [6.07, 6.45) is 1.97. The van der Waals surface area contributed by atoms with Gasteiger partial charge in [-0.2, -0.15) is 0 Å². The maximum atomic E-state index is 12.1. The van der Waals surface area contributed by atoms with Gasteiger partial charge in [-0.1, -0.05) is 6.07 Å². The molecule has 0 heterocycles. The molecule has 2 N–H and O–H groups in total. The van der Waals surface area contributed by atoms with E-state index in [4.69, 9.17) is 4.74 Å². The zero-order valence-electron chi connectivity index (χ0n) is 11.2. The number of rotatable bonds is 4. The van der Waals surface area contributed by atoms with Crippen LogP contribution in [-0.2, 0) is 0 Å². The normalized spacial score (nSPS) is 10.1. The summed E-state index contributed by atoms with van der Waals surface area (Å²) in [4.78, 5) is 13.2. The van der Waals surface area contributed by atoms with E-state index < -0.39 is 0 Å². The number of amides is 1. The summed E-state index contributed by atoms with van der Waals surface area (Å²) in [5.41, 5.74) is 0.900. The van der Waals surface area contributed by atoms with Gasteiger partial charge in [-0.15, -0.1) is 11.8 Å². The fourth-order valence-electron chi connectivity index (χ4n) is 1.73. The molecule has 0 saturated heterocycles. The van der Waals surface area contributed by atoms with Crippen molar-refractivity contribution in [3.05, 3.63) is 48.0 Å². The molecule has 0 atom stereocenters. The van der Waals surface area contributed by atoms with Gasteiger partial charge in [-0.25, -0.2) is 0 Å². The first-order valence-corrected chi connectivity index (χ1v) is 7.19. The van der Waals surface area contributed by atoms with Crippen LogP contribution in [0.3, 0.4) is 0 Å². The van der Waals surface area contributed by atoms with Crippen molar-refractivity contribution in [1.29, 1.82) is 0 Å². The second-order valence-corrected chi connectivity index (χ2v) is 4.95. The van der Waals surface area contributed by atoms with Crippen molar-refractivity contribution in [2.24, 2.45) is 0 Å². The minimum absolute atomic E-state index is 0.108. The highest BCUT2D eigenvalue weighted by molar-refractivity contribution is 7.98. The number of anilines is 1. The van der Waals surface area contributed by atoms with Crippen molar-refractivity contribution in [2.45, 2.75) is 4.90 Å². The molecule has 0 unspecified atom stereocenters. The van der Waals surface area contributed by atoms with Crippen LogP contribution in [0.4, 0.5) is 5.69 Å². The smallest absolute Gasteiger partial charge is 0.259 e. The molecule has 0 aromatic heterocycles. The number of aromatic hydroxyl groups is 1. The van der Waals surface area contributed by atoms with Crippen molar-refractivity contribution >= 4 is 23.4 Å². The molecule has 0 aliphatic rings. The predicted molar refractivity (Wildman–Crippen MR) is 80.8 cm³/mol. The third-order valence-electron chi connectivity index (χ3n) is 2.78. The van der Waals surface area contributed by atoms with E-state index in [9.17, 15) is 9.90 Å². The first-order chi connectivity index (χ1) is 9.63. The van der Waals surface area contributed by atoms with Gasteiger partial charge in [0.25, 0.3) is 5.91 Å². The fourth-order valence-corrected chi connectivity index (χ4v) is 2.19. The van der Waals surface area contributed by atoms with Crippen LogP contribution in [-0.4, -0.2) is 24.4 Å². The van der Waals surface area contributed by atoms with Crippen molar-refractivity contribution in [3.8, 4) is 11.5 Å². The lowest BCUT2D eigenvalue weighted by atomic mass is 10.1. The minimum Gasteiger partial charge on any atom is -0.507 e. The lowest BCUT2D eigenvalue weighted by Crippen LogP contribution is -2.12. The molecule has 0 spiro atoms. The summed E-state index contributed by atoms with van der Waals surface area (Å²) in [5, 5.41) is 12.6. The van der Waals surface area contributed by atoms with Crippen LogP contribution < -0.4 is 10.1 Å². The van der Waals surface area contributed by atoms with Crippen molar-refractivity contribution in [3.63, 3.8) is 0 Å². The number of benzene rings is 2. The molecule has 0 bridgehead atoms. The summed E-state index contributed by atoms with van der Waals surface area (Å²) >= 11 is 1.60. The number of nitrogens with one attached hydrogen (secondary N) is 1. The lowest BCUT2D eigenvalue weighted by molar-refractivity contribution is 0.102. The summed E-state index contributed by atoms with van der Waals surface area (Å²) in [7, 11) is 1.50. The summed E-state index contributed by atoms with van der Waals surface area (Å²) in [6, 6.07) is 12.1. The second kappa shape index (κ2) is 6.34. The molecule has 2 aromatic rings. The Morgan fingerprint density at radius 2 is 2.05 bits per heavy atom. The molecule has 0 radical (unpaired) electrons. The van der Waals surface area contributed by atoms with Gasteiger partial charge >= 0.3 is 0 Å². The standard InChI is InChI=1S/C15H15NO3S/c1-19-11-6-7-13(14(17)9-11)15(18)16-10-4-3-5-12(8-10)20-2/h3-9,17H,1-2H3,(H,16,18).